The lowest BCUT2D eigenvalue weighted by molar-refractivity contribution is 0.102. The van der Waals surface area contributed by atoms with Crippen LogP contribution in [0.25, 0.3) is 0 Å². The van der Waals surface area contributed by atoms with E-state index in [1.54, 1.807) is 18.2 Å². The van der Waals surface area contributed by atoms with Gasteiger partial charge in [0, 0.05) is 18.7 Å². The van der Waals surface area contributed by atoms with Gasteiger partial charge in [-0.15, -0.1) is 0 Å². The number of morpholine rings is 1. The molecule has 0 bridgehead atoms. The lowest BCUT2D eigenvalue weighted by atomic mass is 10.1. The highest BCUT2D eigenvalue weighted by Gasteiger charge is 2.20. The number of ether oxygens (including phenoxy) is 2. The Morgan fingerprint density at radius 1 is 1.28 bits per heavy atom. The Balaban J connectivity index is 1.86. The molecule has 0 aliphatic carbocycles. The number of carbonyl (C=O) groups excluding carboxylic acids is 1. The molecule has 0 saturated carbocycles. The van der Waals surface area contributed by atoms with E-state index >= 15 is 0 Å². The van der Waals surface area contributed by atoms with Gasteiger partial charge in [0.15, 0.2) is 11.6 Å². The van der Waals surface area contributed by atoms with Crippen molar-refractivity contribution in [1.29, 1.82) is 0 Å². The van der Waals surface area contributed by atoms with Crippen molar-refractivity contribution in [3.05, 3.63) is 52.8 Å². The summed E-state index contributed by atoms with van der Waals surface area (Å²) >= 11 is 6.35. The van der Waals surface area contributed by atoms with Gasteiger partial charge in [0.1, 0.15) is 0 Å². The third-order valence-electron chi connectivity index (χ3n) is 3.98. The van der Waals surface area contributed by atoms with Gasteiger partial charge in [-0.2, -0.15) is 0 Å². The zero-order valence-electron chi connectivity index (χ0n) is 13.7. The number of benzene rings is 2. The van der Waals surface area contributed by atoms with Gasteiger partial charge in [-0.25, -0.2) is 4.39 Å². The molecule has 25 heavy (non-hydrogen) atoms. The standard InChI is InChI=1S/C18H18ClFN2O3/c1-24-16-6-5-12(11-14(16)20)18(23)21-15-4-2-3-13(19)17(15)22-7-9-25-10-8-22/h2-6,11H,7-10H2,1H3,(H,21,23). The first kappa shape index (κ1) is 17.5. The predicted molar refractivity (Wildman–Crippen MR) is 95.4 cm³/mol. The van der Waals surface area contributed by atoms with Crippen molar-refractivity contribution < 1.29 is 18.7 Å². The van der Waals surface area contributed by atoms with Crippen LogP contribution in [-0.4, -0.2) is 39.3 Å². The Morgan fingerprint density at radius 2 is 2.04 bits per heavy atom. The normalized spacial score (nSPS) is 14.3. The van der Waals surface area contributed by atoms with Gasteiger partial charge in [-0.1, -0.05) is 17.7 Å². The minimum atomic E-state index is -0.588. The second-order valence-corrected chi connectivity index (χ2v) is 5.95. The summed E-state index contributed by atoms with van der Waals surface area (Å²) in [6.45, 7) is 2.57. The van der Waals surface area contributed by atoms with Crippen LogP contribution in [-0.2, 0) is 4.74 Å². The number of amides is 1. The number of carbonyl (C=O) groups is 1. The summed E-state index contributed by atoms with van der Waals surface area (Å²) in [4.78, 5) is 14.6. The van der Waals surface area contributed by atoms with Crippen molar-refractivity contribution in [2.45, 2.75) is 0 Å². The largest absolute Gasteiger partial charge is 0.494 e. The molecule has 1 aliphatic heterocycles. The van der Waals surface area contributed by atoms with Gasteiger partial charge in [0.05, 0.1) is 36.7 Å². The first-order valence-corrected chi connectivity index (χ1v) is 8.24. The van der Waals surface area contributed by atoms with Crippen LogP contribution in [0.15, 0.2) is 36.4 Å². The molecule has 0 spiro atoms. The number of hydrogen-bond acceptors (Lipinski definition) is 4. The summed E-state index contributed by atoms with van der Waals surface area (Å²) in [5.41, 5.74) is 1.52. The minimum Gasteiger partial charge on any atom is -0.494 e. The summed E-state index contributed by atoms with van der Waals surface area (Å²) < 4.78 is 24.1. The van der Waals surface area contributed by atoms with Crippen LogP contribution in [0.5, 0.6) is 5.75 Å². The molecule has 132 valence electrons. The molecular weight excluding hydrogens is 347 g/mol. The molecular formula is C18H18ClFN2O3. The molecule has 0 aromatic heterocycles. The smallest absolute Gasteiger partial charge is 0.255 e. The Labute approximate surface area is 150 Å². The van der Waals surface area contributed by atoms with Gasteiger partial charge in [-0.3, -0.25) is 4.79 Å². The number of hydrogen-bond donors (Lipinski definition) is 1. The molecule has 0 unspecified atom stereocenters. The van der Waals surface area contributed by atoms with Crippen molar-refractivity contribution in [2.24, 2.45) is 0 Å². The number of nitrogens with one attached hydrogen (secondary N) is 1. The van der Waals surface area contributed by atoms with Crippen molar-refractivity contribution >= 4 is 28.9 Å². The third-order valence-corrected chi connectivity index (χ3v) is 4.28. The Kier molecular flexibility index (Phi) is 5.40. The number of halogens is 2. The predicted octanol–water partition coefficient (Wildman–Crippen LogP) is 3.58. The van der Waals surface area contributed by atoms with Crippen LogP contribution in [0, 0.1) is 5.82 Å². The first-order chi connectivity index (χ1) is 12.1. The van der Waals surface area contributed by atoms with Crippen LogP contribution in [0.1, 0.15) is 10.4 Å². The molecule has 2 aromatic carbocycles. The Bertz CT molecular complexity index is 779. The molecule has 0 atom stereocenters. The highest BCUT2D eigenvalue weighted by Crippen LogP contribution is 2.34. The molecule has 1 fully saturated rings. The maximum absolute atomic E-state index is 13.8. The fraction of sp³-hybridized carbons (Fsp3) is 0.278. The average Bonchev–Trinajstić information content (AvgIpc) is 2.62. The first-order valence-electron chi connectivity index (χ1n) is 7.86. The minimum absolute atomic E-state index is 0.0910. The van der Waals surface area contributed by atoms with E-state index in [2.05, 4.69) is 10.2 Å². The third kappa shape index (κ3) is 3.86. The molecule has 5 nitrogen and oxygen atoms in total. The van der Waals surface area contributed by atoms with Crippen LogP contribution in [0.3, 0.4) is 0 Å². The van der Waals surface area contributed by atoms with Gasteiger partial charge < -0.3 is 19.7 Å². The monoisotopic (exact) mass is 364 g/mol. The van der Waals surface area contributed by atoms with Crippen molar-refractivity contribution in [3.63, 3.8) is 0 Å². The Morgan fingerprint density at radius 3 is 2.72 bits per heavy atom. The fourth-order valence-corrected chi connectivity index (χ4v) is 3.02. The quantitative estimate of drug-likeness (QED) is 0.901. The highest BCUT2D eigenvalue weighted by molar-refractivity contribution is 6.34. The van der Waals surface area contributed by atoms with Gasteiger partial charge >= 0.3 is 0 Å². The van der Waals surface area contributed by atoms with Gasteiger partial charge in [0.2, 0.25) is 0 Å². The fourth-order valence-electron chi connectivity index (χ4n) is 2.73. The second-order valence-electron chi connectivity index (χ2n) is 5.54. The SMILES string of the molecule is COc1ccc(C(=O)Nc2cccc(Cl)c2N2CCOCC2)cc1F. The number of methoxy groups -OCH3 is 1. The lowest BCUT2D eigenvalue weighted by Crippen LogP contribution is -2.37. The topological polar surface area (TPSA) is 50.8 Å². The summed E-state index contributed by atoms with van der Waals surface area (Å²) in [7, 11) is 1.37. The van der Waals surface area contributed by atoms with E-state index in [1.165, 1.54) is 19.2 Å². The van der Waals surface area contributed by atoms with E-state index in [1.807, 2.05) is 0 Å². The summed E-state index contributed by atoms with van der Waals surface area (Å²) in [5.74, 6) is -0.915. The van der Waals surface area contributed by atoms with E-state index in [0.717, 1.165) is 11.8 Å². The van der Waals surface area contributed by atoms with E-state index < -0.39 is 11.7 Å². The number of para-hydroxylation sites is 1. The maximum atomic E-state index is 13.8. The Hall–Kier alpha value is -2.31. The molecule has 1 N–H and O–H groups in total. The number of anilines is 2. The van der Waals surface area contributed by atoms with E-state index in [9.17, 15) is 9.18 Å². The van der Waals surface area contributed by atoms with Crippen LogP contribution in [0.2, 0.25) is 5.02 Å². The van der Waals surface area contributed by atoms with Crippen molar-refractivity contribution in [2.75, 3.05) is 43.6 Å². The van der Waals surface area contributed by atoms with Gasteiger partial charge in [-0.05, 0) is 30.3 Å². The lowest BCUT2D eigenvalue weighted by Gasteiger charge is -2.31. The summed E-state index contributed by atoms with van der Waals surface area (Å²) in [5, 5.41) is 3.36. The van der Waals surface area contributed by atoms with Crippen LogP contribution >= 0.6 is 11.6 Å². The van der Waals surface area contributed by atoms with E-state index in [4.69, 9.17) is 21.1 Å². The highest BCUT2D eigenvalue weighted by atomic mass is 35.5. The summed E-state index contributed by atoms with van der Waals surface area (Å²) in [6.07, 6.45) is 0. The maximum Gasteiger partial charge on any atom is 0.255 e. The molecule has 2 aromatic rings. The molecule has 0 radical (unpaired) electrons. The number of rotatable bonds is 4. The molecule has 3 rings (SSSR count). The molecule has 1 heterocycles. The van der Waals surface area contributed by atoms with Crippen LogP contribution < -0.4 is 15.0 Å². The van der Waals surface area contributed by atoms with E-state index in [-0.39, 0.29) is 11.3 Å². The molecule has 1 aliphatic rings. The zero-order chi connectivity index (χ0) is 17.8. The summed E-state index contributed by atoms with van der Waals surface area (Å²) in [6, 6.07) is 9.38. The molecule has 1 amide bonds. The van der Waals surface area contributed by atoms with E-state index in [0.29, 0.717) is 37.0 Å². The van der Waals surface area contributed by atoms with Crippen molar-refractivity contribution in [1.82, 2.24) is 0 Å². The molecule has 7 heteroatoms. The average molecular weight is 365 g/mol. The van der Waals surface area contributed by atoms with Crippen molar-refractivity contribution in [3.8, 4) is 5.75 Å². The second kappa shape index (κ2) is 7.72. The van der Waals surface area contributed by atoms with Gasteiger partial charge in [0.25, 0.3) is 5.91 Å². The van der Waals surface area contributed by atoms with Crippen LogP contribution in [0.4, 0.5) is 15.8 Å². The molecule has 1 saturated heterocycles. The zero-order valence-corrected chi connectivity index (χ0v) is 14.5. The number of nitrogens with zero attached hydrogens (tertiary/aromatic N) is 1.